The number of amides is 2. The van der Waals surface area contributed by atoms with Crippen molar-refractivity contribution in [3.63, 3.8) is 0 Å². The summed E-state index contributed by atoms with van der Waals surface area (Å²) in [6, 6.07) is 15.8. The lowest BCUT2D eigenvalue weighted by Crippen LogP contribution is -2.14. The largest absolute Gasteiger partial charge is 0.325 e. The second-order valence-electron chi connectivity index (χ2n) is 4.08. The first-order valence-electron chi connectivity index (χ1n) is 6.01. The molecule has 0 saturated carbocycles. The third-order valence-electron chi connectivity index (χ3n) is 2.56. The monoisotopic (exact) mass is 288 g/mol. The van der Waals surface area contributed by atoms with Gasteiger partial charge in [0.2, 0.25) is 5.91 Å². The van der Waals surface area contributed by atoms with Crippen molar-refractivity contribution in [1.82, 2.24) is 0 Å². The van der Waals surface area contributed by atoms with E-state index in [9.17, 15) is 9.59 Å². The summed E-state index contributed by atoms with van der Waals surface area (Å²) < 4.78 is 0. The molecular weight excluding hydrogens is 276 g/mol. The van der Waals surface area contributed by atoms with E-state index in [4.69, 9.17) is 11.6 Å². The van der Waals surface area contributed by atoms with Gasteiger partial charge in [0.1, 0.15) is 5.88 Å². The van der Waals surface area contributed by atoms with Crippen LogP contribution in [-0.4, -0.2) is 17.7 Å². The summed E-state index contributed by atoms with van der Waals surface area (Å²) in [5.41, 5.74) is 1.76. The van der Waals surface area contributed by atoms with E-state index in [-0.39, 0.29) is 17.7 Å². The van der Waals surface area contributed by atoms with Gasteiger partial charge in [-0.2, -0.15) is 0 Å². The van der Waals surface area contributed by atoms with Crippen LogP contribution in [0.25, 0.3) is 0 Å². The van der Waals surface area contributed by atoms with Gasteiger partial charge >= 0.3 is 0 Å². The van der Waals surface area contributed by atoms with E-state index >= 15 is 0 Å². The molecule has 0 unspecified atom stereocenters. The van der Waals surface area contributed by atoms with Gasteiger partial charge in [0.05, 0.1) is 0 Å². The number of nitrogens with one attached hydrogen (secondary N) is 2. The van der Waals surface area contributed by atoms with Gasteiger partial charge in [-0.05, 0) is 30.3 Å². The molecular formula is C15H13ClN2O2. The normalized spacial score (nSPS) is 9.85. The van der Waals surface area contributed by atoms with Crippen LogP contribution in [0.2, 0.25) is 0 Å². The van der Waals surface area contributed by atoms with Crippen LogP contribution in [-0.2, 0) is 4.79 Å². The van der Waals surface area contributed by atoms with E-state index in [1.54, 1.807) is 48.5 Å². The van der Waals surface area contributed by atoms with Gasteiger partial charge in [-0.3, -0.25) is 9.59 Å². The molecule has 2 aromatic rings. The first-order valence-corrected chi connectivity index (χ1v) is 6.55. The minimum Gasteiger partial charge on any atom is -0.325 e. The predicted octanol–water partition coefficient (Wildman–Crippen LogP) is 3.12. The molecule has 2 rings (SSSR count). The Bertz CT molecular complexity index is 614. The first kappa shape index (κ1) is 14.1. The lowest BCUT2D eigenvalue weighted by atomic mass is 10.2. The maximum Gasteiger partial charge on any atom is 0.255 e. The topological polar surface area (TPSA) is 58.2 Å². The molecule has 20 heavy (non-hydrogen) atoms. The molecule has 2 N–H and O–H groups in total. The second-order valence-corrected chi connectivity index (χ2v) is 4.35. The maximum atomic E-state index is 12.0. The molecule has 0 aliphatic carbocycles. The molecule has 102 valence electrons. The predicted molar refractivity (Wildman–Crippen MR) is 80.2 cm³/mol. The number of hydrogen-bond acceptors (Lipinski definition) is 2. The van der Waals surface area contributed by atoms with Crippen molar-refractivity contribution in [2.75, 3.05) is 16.5 Å². The summed E-state index contributed by atoms with van der Waals surface area (Å²) in [4.78, 5) is 23.2. The van der Waals surface area contributed by atoms with Crippen LogP contribution in [0.4, 0.5) is 11.4 Å². The molecule has 0 radical (unpaired) electrons. The Hall–Kier alpha value is -2.33. The number of benzene rings is 2. The lowest BCUT2D eigenvalue weighted by Gasteiger charge is -2.08. The molecule has 0 heterocycles. The van der Waals surface area contributed by atoms with Crippen molar-refractivity contribution in [3.8, 4) is 0 Å². The van der Waals surface area contributed by atoms with E-state index in [0.29, 0.717) is 16.9 Å². The molecule has 0 saturated heterocycles. The molecule has 0 spiro atoms. The van der Waals surface area contributed by atoms with E-state index in [2.05, 4.69) is 10.6 Å². The Morgan fingerprint density at radius 3 is 2.20 bits per heavy atom. The molecule has 2 aromatic carbocycles. The summed E-state index contributed by atoms with van der Waals surface area (Å²) in [5.74, 6) is -0.606. The summed E-state index contributed by atoms with van der Waals surface area (Å²) in [6.45, 7) is 0. The van der Waals surface area contributed by atoms with Gasteiger partial charge in [-0.1, -0.05) is 24.3 Å². The Morgan fingerprint density at radius 2 is 1.55 bits per heavy atom. The average molecular weight is 289 g/mol. The zero-order chi connectivity index (χ0) is 14.4. The molecule has 0 aliphatic rings. The number of halogens is 1. The number of hydrogen-bond donors (Lipinski definition) is 2. The second kappa shape index (κ2) is 6.73. The van der Waals surface area contributed by atoms with E-state index in [1.165, 1.54) is 0 Å². The summed E-state index contributed by atoms with van der Waals surface area (Å²) in [7, 11) is 0. The Kier molecular flexibility index (Phi) is 4.74. The molecule has 0 aliphatic heterocycles. The van der Waals surface area contributed by atoms with Gasteiger partial charge in [-0.25, -0.2) is 0 Å². The fraction of sp³-hybridized carbons (Fsp3) is 0.0667. The Labute approximate surface area is 121 Å². The lowest BCUT2D eigenvalue weighted by molar-refractivity contribution is -0.113. The Morgan fingerprint density at radius 1 is 0.900 bits per heavy atom. The molecule has 0 atom stereocenters. The summed E-state index contributed by atoms with van der Waals surface area (Å²) in [6.07, 6.45) is 0. The quantitative estimate of drug-likeness (QED) is 0.849. The smallest absolute Gasteiger partial charge is 0.255 e. The van der Waals surface area contributed by atoms with Crippen molar-refractivity contribution < 1.29 is 9.59 Å². The van der Waals surface area contributed by atoms with Gasteiger partial charge in [0, 0.05) is 16.9 Å². The van der Waals surface area contributed by atoms with Gasteiger partial charge < -0.3 is 10.6 Å². The standard InChI is InChI=1S/C15H13ClN2O2/c16-10-14(19)17-12-7-4-8-13(9-12)18-15(20)11-5-2-1-3-6-11/h1-9H,10H2,(H,17,19)(H,18,20). The molecule has 0 fully saturated rings. The number of anilines is 2. The molecule has 0 bridgehead atoms. The minimum atomic E-state index is -0.293. The van der Waals surface area contributed by atoms with Crippen LogP contribution in [0, 0.1) is 0 Å². The van der Waals surface area contributed by atoms with Crippen molar-refractivity contribution >= 4 is 34.8 Å². The van der Waals surface area contributed by atoms with Crippen molar-refractivity contribution in [1.29, 1.82) is 0 Å². The highest BCUT2D eigenvalue weighted by atomic mass is 35.5. The number of carbonyl (C=O) groups is 2. The number of rotatable bonds is 4. The maximum absolute atomic E-state index is 12.0. The fourth-order valence-electron chi connectivity index (χ4n) is 1.66. The van der Waals surface area contributed by atoms with Crippen molar-refractivity contribution in [2.45, 2.75) is 0 Å². The first-order chi connectivity index (χ1) is 9.69. The number of carbonyl (C=O) groups excluding carboxylic acids is 2. The highest BCUT2D eigenvalue weighted by Gasteiger charge is 2.06. The zero-order valence-electron chi connectivity index (χ0n) is 10.6. The highest BCUT2D eigenvalue weighted by molar-refractivity contribution is 6.29. The van der Waals surface area contributed by atoms with Gasteiger partial charge in [0.25, 0.3) is 5.91 Å². The van der Waals surface area contributed by atoms with Gasteiger partial charge in [-0.15, -0.1) is 11.6 Å². The number of alkyl halides is 1. The molecule has 2 amide bonds. The van der Waals surface area contributed by atoms with Crippen LogP contribution in [0.5, 0.6) is 0 Å². The molecule has 0 aromatic heterocycles. The fourth-order valence-corrected chi connectivity index (χ4v) is 1.73. The zero-order valence-corrected chi connectivity index (χ0v) is 11.4. The minimum absolute atomic E-state index is 0.111. The van der Waals surface area contributed by atoms with Crippen molar-refractivity contribution in [2.24, 2.45) is 0 Å². The van der Waals surface area contributed by atoms with Crippen LogP contribution >= 0.6 is 11.6 Å². The van der Waals surface area contributed by atoms with Crippen molar-refractivity contribution in [3.05, 3.63) is 60.2 Å². The average Bonchev–Trinajstić information content (AvgIpc) is 2.48. The van der Waals surface area contributed by atoms with Crippen LogP contribution < -0.4 is 10.6 Å². The van der Waals surface area contributed by atoms with E-state index < -0.39 is 0 Å². The summed E-state index contributed by atoms with van der Waals surface area (Å²) >= 11 is 5.42. The van der Waals surface area contributed by atoms with E-state index in [1.807, 2.05) is 6.07 Å². The Balaban J connectivity index is 2.08. The van der Waals surface area contributed by atoms with E-state index in [0.717, 1.165) is 0 Å². The SMILES string of the molecule is O=C(CCl)Nc1cccc(NC(=O)c2ccccc2)c1. The highest BCUT2D eigenvalue weighted by Crippen LogP contribution is 2.16. The van der Waals surface area contributed by atoms with Gasteiger partial charge in [0.15, 0.2) is 0 Å². The van der Waals surface area contributed by atoms with Crippen LogP contribution in [0.15, 0.2) is 54.6 Å². The molecule has 5 heteroatoms. The third kappa shape index (κ3) is 3.83. The molecule has 4 nitrogen and oxygen atoms in total. The van der Waals surface area contributed by atoms with Crippen LogP contribution in [0.1, 0.15) is 10.4 Å². The van der Waals surface area contributed by atoms with Crippen LogP contribution in [0.3, 0.4) is 0 Å². The third-order valence-corrected chi connectivity index (χ3v) is 2.80. The summed E-state index contributed by atoms with van der Waals surface area (Å²) in [5, 5.41) is 5.39.